The van der Waals surface area contributed by atoms with Gasteiger partial charge in [0.1, 0.15) is 5.57 Å². The maximum Gasteiger partial charge on any atom is 0.296 e. The first-order valence-electron chi connectivity index (χ1n) is 2.91. The highest BCUT2D eigenvalue weighted by atomic mass is 16.2. The van der Waals surface area contributed by atoms with Crippen molar-refractivity contribution in [3.8, 4) is 0 Å². The molecule has 0 bridgehead atoms. The Labute approximate surface area is 66.8 Å². The first kappa shape index (κ1) is 8.05. The summed E-state index contributed by atoms with van der Waals surface area (Å²) in [6.45, 7) is 0. The van der Waals surface area contributed by atoms with Crippen LogP contribution in [-0.2, 0) is 9.59 Å². The summed E-state index contributed by atoms with van der Waals surface area (Å²) in [5, 5.41) is 9.68. The van der Waals surface area contributed by atoms with Crippen LogP contribution in [0.3, 0.4) is 0 Å². The topological polar surface area (TPSA) is 125 Å². The molecule has 7 heteroatoms. The zero-order valence-electron chi connectivity index (χ0n) is 5.89. The molecule has 2 amide bonds. The third-order valence-corrected chi connectivity index (χ3v) is 1.14. The number of nitrogens with two attached hydrogens (primary N) is 2. The molecule has 1 rings (SSSR count). The van der Waals surface area contributed by atoms with E-state index in [-0.39, 0.29) is 11.3 Å². The van der Waals surface area contributed by atoms with Gasteiger partial charge in [0.25, 0.3) is 17.5 Å². The zero-order chi connectivity index (χ0) is 9.14. The summed E-state index contributed by atoms with van der Waals surface area (Å²) in [5.74, 6) is -1.68. The Morgan fingerprint density at radius 3 is 2.42 bits per heavy atom. The van der Waals surface area contributed by atoms with Crippen molar-refractivity contribution in [3.63, 3.8) is 0 Å². The number of amides is 2. The van der Waals surface area contributed by atoms with Crippen LogP contribution in [0.5, 0.6) is 0 Å². The molecule has 7 nitrogen and oxygen atoms in total. The van der Waals surface area contributed by atoms with Gasteiger partial charge in [0.15, 0.2) is 11.4 Å². The van der Waals surface area contributed by atoms with Crippen LogP contribution in [0.1, 0.15) is 0 Å². The standard InChI is InChI=1S/C5H5N5O2/c6-4(11)2-1-8-10-9-3(2)5(7)12/h1H,(H2,6,11)(H2,7,12)/q+1. The van der Waals surface area contributed by atoms with Gasteiger partial charge in [0, 0.05) is 0 Å². The van der Waals surface area contributed by atoms with Gasteiger partial charge in [-0.05, 0) is 0 Å². The van der Waals surface area contributed by atoms with Crippen LogP contribution >= 0.6 is 0 Å². The fraction of sp³-hybridized carbons (Fsp3) is 0. The summed E-state index contributed by atoms with van der Waals surface area (Å²) in [6, 6.07) is 0. The van der Waals surface area contributed by atoms with Crippen LogP contribution in [-0.4, -0.2) is 17.5 Å². The van der Waals surface area contributed by atoms with Crippen molar-refractivity contribution in [2.24, 2.45) is 21.8 Å². The number of nitrogens with zero attached hydrogens (tertiary/aromatic N) is 3. The normalized spacial score (nSPS) is 15.0. The minimum atomic E-state index is -0.862. The Balaban J connectivity index is 3.09. The summed E-state index contributed by atoms with van der Waals surface area (Å²) < 4.78 is 0. The maximum absolute atomic E-state index is 10.6. The van der Waals surface area contributed by atoms with Gasteiger partial charge in [-0.25, -0.2) is 0 Å². The van der Waals surface area contributed by atoms with E-state index in [0.717, 1.165) is 6.20 Å². The van der Waals surface area contributed by atoms with E-state index in [1.165, 1.54) is 0 Å². The van der Waals surface area contributed by atoms with Crippen LogP contribution in [0.4, 0.5) is 0 Å². The van der Waals surface area contributed by atoms with E-state index in [4.69, 9.17) is 11.5 Å². The molecule has 0 saturated carbocycles. The van der Waals surface area contributed by atoms with Gasteiger partial charge in [0.2, 0.25) is 0 Å². The minimum absolute atomic E-state index is 0.127. The van der Waals surface area contributed by atoms with Gasteiger partial charge in [-0.1, -0.05) is 0 Å². The summed E-state index contributed by atoms with van der Waals surface area (Å²) in [7, 11) is 0. The van der Waals surface area contributed by atoms with E-state index >= 15 is 0 Å². The van der Waals surface area contributed by atoms with Crippen molar-refractivity contribution in [1.29, 1.82) is 0 Å². The molecule has 0 aromatic heterocycles. The van der Waals surface area contributed by atoms with Crippen LogP contribution in [0.15, 0.2) is 22.1 Å². The second kappa shape index (κ2) is 2.91. The molecule has 4 N–H and O–H groups in total. The first-order valence-corrected chi connectivity index (χ1v) is 2.91. The molecule has 1 aliphatic heterocycles. The predicted molar refractivity (Wildman–Crippen MR) is 38.5 cm³/mol. The van der Waals surface area contributed by atoms with Crippen LogP contribution in [0.2, 0.25) is 0 Å². The molecule has 0 saturated heterocycles. The Kier molecular flexibility index (Phi) is 1.95. The van der Waals surface area contributed by atoms with E-state index in [1.807, 2.05) is 0 Å². The van der Waals surface area contributed by atoms with Gasteiger partial charge in [-0.2, -0.15) is 0 Å². The van der Waals surface area contributed by atoms with Crippen LogP contribution in [0, 0.1) is 0 Å². The minimum Gasteiger partial charge on any atom is -0.365 e. The van der Waals surface area contributed by atoms with Crippen molar-refractivity contribution in [2.75, 3.05) is 0 Å². The lowest BCUT2D eigenvalue weighted by Crippen LogP contribution is -2.32. The number of rotatable bonds is 2. The van der Waals surface area contributed by atoms with Gasteiger partial charge in [0.05, 0.1) is 10.2 Å². The Morgan fingerprint density at radius 2 is 2.00 bits per heavy atom. The highest BCUT2D eigenvalue weighted by Crippen LogP contribution is 2.00. The zero-order valence-corrected chi connectivity index (χ0v) is 5.89. The molecular formula is C5H5N5O2+. The monoisotopic (exact) mass is 167 g/mol. The third kappa shape index (κ3) is 1.34. The lowest BCUT2D eigenvalue weighted by atomic mass is 10.1. The molecule has 0 fully saturated rings. The number of carbonyl (C=O) groups is 2. The molecule has 1 aliphatic rings. The summed E-state index contributed by atoms with van der Waals surface area (Å²) in [6.07, 6.45) is 1.04. The van der Waals surface area contributed by atoms with Gasteiger partial charge >= 0.3 is 0 Å². The fourth-order valence-electron chi connectivity index (χ4n) is 0.631. The van der Waals surface area contributed by atoms with E-state index in [2.05, 4.69) is 15.4 Å². The molecule has 1 heterocycles. The molecule has 0 atom stereocenters. The van der Waals surface area contributed by atoms with Gasteiger partial charge in [-0.3, -0.25) is 9.59 Å². The van der Waals surface area contributed by atoms with Crippen molar-refractivity contribution < 1.29 is 9.59 Å². The number of hydrogen-bond acceptors (Lipinski definition) is 5. The van der Waals surface area contributed by atoms with E-state index < -0.39 is 11.8 Å². The maximum atomic E-state index is 10.6. The molecule has 0 aromatic rings. The lowest BCUT2D eigenvalue weighted by Gasteiger charge is -1.94. The molecule has 0 aromatic carbocycles. The Bertz CT molecular complexity index is 295. The third-order valence-electron chi connectivity index (χ3n) is 1.14. The van der Waals surface area contributed by atoms with E-state index in [9.17, 15) is 9.59 Å². The number of carbonyl (C=O) groups excluding carboxylic acids is 2. The largest absolute Gasteiger partial charge is 0.365 e. The Morgan fingerprint density at radius 1 is 1.33 bits per heavy atom. The molecule has 0 unspecified atom stereocenters. The highest BCUT2D eigenvalue weighted by molar-refractivity contribution is 6.50. The number of primary amides is 2. The van der Waals surface area contributed by atoms with Crippen molar-refractivity contribution >= 4 is 17.5 Å². The smallest absolute Gasteiger partial charge is 0.296 e. The highest BCUT2D eigenvalue weighted by Gasteiger charge is 2.28. The van der Waals surface area contributed by atoms with E-state index in [0.29, 0.717) is 0 Å². The van der Waals surface area contributed by atoms with Crippen molar-refractivity contribution in [3.05, 3.63) is 11.8 Å². The van der Waals surface area contributed by atoms with E-state index in [1.54, 1.807) is 0 Å². The first-order chi connectivity index (χ1) is 5.63. The molecular weight excluding hydrogens is 162 g/mol. The lowest BCUT2D eigenvalue weighted by molar-refractivity contribution is -0.115. The van der Waals surface area contributed by atoms with Gasteiger partial charge < -0.3 is 11.5 Å². The van der Waals surface area contributed by atoms with Crippen LogP contribution < -0.4 is 16.6 Å². The molecule has 61 valence electrons. The number of hydrogen-bond donors (Lipinski definition) is 2. The van der Waals surface area contributed by atoms with Crippen molar-refractivity contribution in [1.82, 2.24) is 5.11 Å². The van der Waals surface area contributed by atoms with Crippen LogP contribution in [0.25, 0.3) is 0 Å². The molecule has 12 heavy (non-hydrogen) atoms. The second-order valence-electron chi connectivity index (χ2n) is 1.92. The van der Waals surface area contributed by atoms with Crippen molar-refractivity contribution in [2.45, 2.75) is 0 Å². The SMILES string of the molecule is NC(=O)C1=C[N+]=NN=C1C(N)=O. The molecule has 0 spiro atoms. The predicted octanol–water partition coefficient (Wildman–Crippen LogP) is -2.00. The van der Waals surface area contributed by atoms with Gasteiger partial charge in [-0.15, -0.1) is 0 Å². The quantitative estimate of drug-likeness (QED) is 0.493. The molecule has 0 aliphatic carbocycles. The summed E-state index contributed by atoms with van der Waals surface area (Å²) >= 11 is 0. The average molecular weight is 167 g/mol. The summed E-state index contributed by atoms with van der Waals surface area (Å²) in [4.78, 5) is 21.2. The fourth-order valence-corrected chi connectivity index (χ4v) is 0.631. The Hall–Kier alpha value is -2.05. The average Bonchev–Trinajstić information content (AvgIpc) is 2.04. The summed E-state index contributed by atoms with van der Waals surface area (Å²) in [5.41, 5.74) is 9.38. The second-order valence-corrected chi connectivity index (χ2v) is 1.92. The molecule has 1 radical (unpaired) electrons.